The molecular formula is C20H30N2O2. The standard InChI is InChI=1S/C20H30N2O2/c1-5-15(4)21-19(23)16-6-8-17(9-7-16)20(24)22-18-11-13(2)10-14(3)12-18/h10-12,15-17H,5-9H2,1-4H3,(H,21,23)(H,22,24). The molecule has 0 radical (unpaired) electrons. The molecule has 2 rings (SSSR count). The zero-order chi connectivity index (χ0) is 17.7. The molecule has 1 aromatic rings. The summed E-state index contributed by atoms with van der Waals surface area (Å²) in [5.41, 5.74) is 3.17. The van der Waals surface area contributed by atoms with Crippen molar-refractivity contribution in [3.8, 4) is 0 Å². The second kappa shape index (κ2) is 8.32. The lowest BCUT2D eigenvalue weighted by Gasteiger charge is -2.28. The molecule has 1 saturated carbocycles. The van der Waals surface area contributed by atoms with Gasteiger partial charge < -0.3 is 10.6 Å². The van der Waals surface area contributed by atoms with Gasteiger partial charge in [-0.3, -0.25) is 9.59 Å². The predicted octanol–water partition coefficient (Wildman–Crippen LogP) is 3.96. The lowest BCUT2D eigenvalue weighted by molar-refractivity contribution is -0.129. The minimum atomic E-state index is 0.0125. The molecule has 0 aromatic heterocycles. The summed E-state index contributed by atoms with van der Waals surface area (Å²) < 4.78 is 0. The number of carbonyl (C=O) groups is 2. The molecule has 4 heteroatoms. The predicted molar refractivity (Wildman–Crippen MR) is 97.9 cm³/mol. The van der Waals surface area contributed by atoms with E-state index in [1.54, 1.807) is 0 Å². The smallest absolute Gasteiger partial charge is 0.227 e. The summed E-state index contributed by atoms with van der Waals surface area (Å²) in [5, 5.41) is 6.10. The zero-order valence-corrected chi connectivity index (χ0v) is 15.3. The normalized spacial score (nSPS) is 21.8. The van der Waals surface area contributed by atoms with E-state index in [0.29, 0.717) is 0 Å². The molecule has 2 N–H and O–H groups in total. The Hall–Kier alpha value is -1.84. The number of hydrogen-bond acceptors (Lipinski definition) is 2. The van der Waals surface area contributed by atoms with Gasteiger partial charge >= 0.3 is 0 Å². The molecule has 1 aromatic carbocycles. The molecule has 1 atom stereocenters. The minimum absolute atomic E-state index is 0.0125. The fourth-order valence-corrected chi connectivity index (χ4v) is 3.37. The van der Waals surface area contributed by atoms with Crippen LogP contribution in [0.15, 0.2) is 18.2 Å². The van der Waals surface area contributed by atoms with Crippen molar-refractivity contribution in [3.63, 3.8) is 0 Å². The highest BCUT2D eigenvalue weighted by atomic mass is 16.2. The molecule has 132 valence electrons. The number of nitrogens with one attached hydrogen (secondary N) is 2. The lowest BCUT2D eigenvalue weighted by atomic mass is 9.81. The molecule has 0 aliphatic heterocycles. The number of amides is 2. The molecule has 1 aliphatic rings. The van der Waals surface area contributed by atoms with Crippen LogP contribution in [0, 0.1) is 25.7 Å². The largest absolute Gasteiger partial charge is 0.353 e. The van der Waals surface area contributed by atoms with Crippen LogP contribution in [-0.4, -0.2) is 17.9 Å². The summed E-state index contributed by atoms with van der Waals surface area (Å²) in [6.07, 6.45) is 4.12. The Morgan fingerprint density at radius 3 is 2.00 bits per heavy atom. The van der Waals surface area contributed by atoms with Crippen LogP contribution < -0.4 is 10.6 Å². The van der Waals surface area contributed by atoms with Gasteiger partial charge in [-0.05, 0) is 76.1 Å². The van der Waals surface area contributed by atoms with Crippen LogP contribution in [0.1, 0.15) is 57.1 Å². The summed E-state index contributed by atoms with van der Waals surface area (Å²) in [5.74, 6) is 0.307. The first-order valence-corrected chi connectivity index (χ1v) is 9.08. The van der Waals surface area contributed by atoms with Gasteiger partial charge in [0, 0.05) is 23.6 Å². The van der Waals surface area contributed by atoms with Crippen molar-refractivity contribution in [3.05, 3.63) is 29.3 Å². The van der Waals surface area contributed by atoms with Crippen LogP contribution in [0.3, 0.4) is 0 Å². The molecule has 1 unspecified atom stereocenters. The summed E-state index contributed by atoms with van der Waals surface area (Å²) in [6, 6.07) is 6.31. The maximum absolute atomic E-state index is 12.5. The van der Waals surface area contributed by atoms with Gasteiger partial charge in [0.05, 0.1) is 0 Å². The second-order valence-corrected chi connectivity index (χ2v) is 7.23. The number of benzene rings is 1. The Balaban J connectivity index is 1.85. The minimum Gasteiger partial charge on any atom is -0.353 e. The van der Waals surface area contributed by atoms with Crippen molar-refractivity contribution in [1.29, 1.82) is 0 Å². The van der Waals surface area contributed by atoms with Crippen molar-refractivity contribution >= 4 is 17.5 Å². The quantitative estimate of drug-likeness (QED) is 0.858. The van der Waals surface area contributed by atoms with Gasteiger partial charge in [0.25, 0.3) is 0 Å². The van der Waals surface area contributed by atoms with Gasteiger partial charge in [0.1, 0.15) is 0 Å². The summed E-state index contributed by atoms with van der Waals surface area (Å²) >= 11 is 0. The first-order chi connectivity index (χ1) is 11.4. The number of aryl methyl sites for hydroxylation is 2. The number of anilines is 1. The van der Waals surface area contributed by atoms with Crippen LogP contribution in [-0.2, 0) is 9.59 Å². The highest BCUT2D eigenvalue weighted by Crippen LogP contribution is 2.30. The van der Waals surface area contributed by atoms with Gasteiger partial charge in [0.15, 0.2) is 0 Å². The summed E-state index contributed by atoms with van der Waals surface area (Å²) in [4.78, 5) is 24.7. The molecular weight excluding hydrogens is 300 g/mol. The van der Waals surface area contributed by atoms with E-state index in [0.717, 1.165) is 48.9 Å². The van der Waals surface area contributed by atoms with Crippen molar-refractivity contribution in [2.75, 3.05) is 5.32 Å². The molecule has 0 heterocycles. The Kier molecular flexibility index (Phi) is 6.41. The number of hydrogen-bond donors (Lipinski definition) is 2. The number of carbonyl (C=O) groups excluding carboxylic acids is 2. The molecule has 4 nitrogen and oxygen atoms in total. The molecule has 0 saturated heterocycles. The molecule has 0 spiro atoms. The van der Waals surface area contributed by atoms with Crippen LogP contribution in [0.25, 0.3) is 0 Å². The average Bonchev–Trinajstić information content (AvgIpc) is 2.53. The molecule has 2 amide bonds. The Bertz CT molecular complexity index is 569. The van der Waals surface area contributed by atoms with Crippen LogP contribution in [0.4, 0.5) is 5.69 Å². The molecule has 0 bridgehead atoms. The van der Waals surface area contributed by atoms with Gasteiger partial charge in [-0.15, -0.1) is 0 Å². The van der Waals surface area contributed by atoms with Gasteiger partial charge in [-0.25, -0.2) is 0 Å². The van der Waals surface area contributed by atoms with Gasteiger partial charge in [0.2, 0.25) is 11.8 Å². The van der Waals surface area contributed by atoms with Gasteiger partial charge in [-0.1, -0.05) is 13.0 Å². The third-order valence-electron chi connectivity index (χ3n) is 4.96. The summed E-state index contributed by atoms with van der Waals surface area (Å²) in [7, 11) is 0. The SMILES string of the molecule is CCC(C)NC(=O)C1CCC(C(=O)Nc2cc(C)cc(C)c2)CC1. The molecule has 1 fully saturated rings. The lowest BCUT2D eigenvalue weighted by Crippen LogP contribution is -2.39. The Labute approximate surface area is 145 Å². The Morgan fingerprint density at radius 1 is 1.00 bits per heavy atom. The fourth-order valence-electron chi connectivity index (χ4n) is 3.37. The highest BCUT2D eigenvalue weighted by molar-refractivity contribution is 5.93. The maximum Gasteiger partial charge on any atom is 0.227 e. The summed E-state index contributed by atoms with van der Waals surface area (Å²) in [6.45, 7) is 8.16. The second-order valence-electron chi connectivity index (χ2n) is 7.23. The van der Waals surface area contributed by atoms with Crippen LogP contribution >= 0.6 is 0 Å². The van der Waals surface area contributed by atoms with Crippen molar-refractivity contribution in [2.45, 2.75) is 65.8 Å². The Morgan fingerprint density at radius 2 is 1.50 bits per heavy atom. The third-order valence-corrected chi connectivity index (χ3v) is 4.96. The third kappa shape index (κ3) is 5.08. The average molecular weight is 330 g/mol. The number of rotatable bonds is 5. The van der Waals surface area contributed by atoms with E-state index in [1.807, 2.05) is 32.9 Å². The highest BCUT2D eigenvalue weighted by Gasteiger charge is 2.30. The van der Waals surface area contributed by atoms with Crippen LogP contribution in [0.5, 0.6) is 0 Å². The molecule has 24 heavy (non-hydrogen) atoms. The van der Waals surface area contributed by atoms with E-state index in [4.69, 9.17) is 0 Å². The van der Waals surface area contributed by atoms with Gasteiger partial charge in [-0.2, -0.15) is 0 Å². The van der Waals surface area contributed by atoms with Crippen molar-refractivity contribution < 1.29 is 9.59 Å². The van der Waals surface area contributed by atoms with E-state index in [9.17, 15) is 9.59 Å². The first kappa shape index (κ1) is 18.5. The monoisotopic (exact) mass is 330 g/mol. The fraction of sp³-hybridized carbons (Fsp3) is 0.600. The van der Waals surface area contributed by atoms with E-state index >= 15 is 0 Å². The van der Waals surface area contributed by atoms with Crippen LogP contribution in [0.2, 0.25) is 0 Å². The van der Waals surface area contributed by atoms with Crippen molar-refractivity contribution in [2.24, 2.45) is 11.8 Å². The van der Waals surface area contributed by atoms with E-state index in [1.165, 1.54) is 0 Å². The maximum atomic E-state index is 12.5. The van der Waals surface area contributed by atoms with E-state index in [-0.39, 0.29) is 29.7 Å². The topological polar surface area (TPSA) is 58.2 Å². The molecule has 1 aliphatic carbocycles. The van der Waals surface area contributed by atoms with Crippen molar-refractivity contribution in [1.82, 2.24) is 5.32 Å². The van der Waals surface area contributed by atoms with E-state index < -0.39 is 0 Å². The zero-order valence-electron chi connectivity index (χ0n) is 15.3. The first-order valence-electron chi connectivity index (χ1n) is 9.08. The van der Waals surface area contributed by atoms with E-state index in [2.05, 4.69) is 23.6 Å².